The average molecular weight is 270 g/mol. The molecule has 18 heavy (non-hydrogen) atoms. The Labute approximate surface area is 111 Å². The van der Waals surface area contributed by atoms with Crippen LogP contribution in [-0.2, 0) is 11.3 Å². The van der Waals surface area contributed by atoms with E-state index in [9.17, 15) is 9.90 Å². The van der Waals surface area contributed by atoms with Crippen LogP contribution < -0.4 is 0 Å². The Balaban J connectivity index is 2.05. The Kier molecular flexibility index (Phi) is 4.09. The summed E-state index contributed by atoms with van der Waals surface area (Å²) in [6.45, 7) is 1.16. The summed E-state index contributed by atoms with van der Waals surface area (Å²) in [5, 5.41) is 19.2. The van der Waals surface area contributed by atoms with Crippen LogP contribution in [0.25, 0.3) is 0 Å². The number of hydrogen-bond donors (Lipinski definition) is 2. The van der Waals surface area contributed by atoms with Gasteiger partial charge in [0.1, 0.15) is 5.75 Å². The van der Waals surface area contributed by atoms with Gasteiger partial charge in [0.2, 0.25) is 0 Å². The van der Waals surface area contributed by atoms with Crippen LogP contribution in [0, 0.1) is 5.92 Å². The van der Waals surface area contributed by atoms with Gasteiger partial charge in [-0.1, -0.05) is 11.6 Å². The SMILES string of the molecule is O=C(O)CN(Cc1cc(Cl)ccc1O)CC1CC1. The third kappa shape index (κ3) is 3.89. The van der Waals surface area contributed by atoms with Crippen molar-refractivity contribution in [3.05, 3.63) is 28.8 Å². The van der Waals surface area contributed by atoms with E-state index in [4.69, 9.17) is 16.7 Å². The summed E-state index contributed by atoms with van der Waals surface area (Å²) in [5.41, 5.74) is 0.671. The van der Waals surface area contributed by atoms with Crippen molar-refractivity contribution in [2.45, 2.75) is 19.4 Å². The maximum atomic E-state index is 10.8. The van der Waals surface area contributed by atoms with E-state index in [0.29, 0.717) is 23.0 Å². The maximum Gasteiger partial charge on any atom is 0.317 e. The number of carboxylic acids is 1. The van der Waals surface area contributed by atoms with Gasteiger partial charge in [-0.25, -0.2) is 0 Å². The molecule has 5 heteroatoms. The van der Waals surface area contributed by atoms with Gasteiger partial charge in [0.05, 0.1) is 6.54 Å². The monoisotopic (exact) mass is 269 g/mol. The first-order valence-electron chi connectivity index (χ1n) is 5.96. The molecule has 1 aliphatic carbocycles. The predicted octanol–water partition coefficient (Wildman–Crippen LogP) is 2.34. The number of phenolic OH excluding ortho intramolecular Hbond substituents is 1. The summed E-state index contributed by atoms with van der Waals surface area (Å²) in [7, 11) is 0. The molecule has 1 fully saturated rings. The van der Waals surface area contributed by atoms with E-state index in [1.54, 1.807) is 12.1 Å². The fourth-order valence-corrected chi connectivity index (χ4v) is 2.16. The molecule has 0 saturated heterocycles. The van der Waals surface area contributed by atoms with Gasteiger partial charge in [0, 0.05) is 23.7 Å². The predicted molar refractivity (Wildman–Crippen MR) is 68.8 cm³/mol. The molecule has 4 nitrogen and oxygen atoms in total. The zero-order chi connectivity index (χ0) is 13.1. The summed E-state index contributed by atoms with van der Waals surface area (Å²) < 4.78 is 0. The zero-order valence-corrected chi connectivity index (χ0v) is 10.7. The summed E-state index contributed by atoms with van der Waals surface area (Å²) in [5.74, 6) is -0.0894. The van der Waals surface area contributed by atoms with Crippen molar-refractivity contribution in [3.63, 3.8) is 0 Å². The minimum absolute atomic E-state index is 0.0115. The molecule has 0 bridgehead atoms. The van der Waals surface area contributed by atoms with Crippen LogP contribution in [-0.4, -0.2) is 34.2 Å². The summed E-state index contributed by atoms with van der Waals surface area (Å²) in [4.78, 5) is 12.7. The van der Waals surface area contributed by atoms with Crippen LogP contribution in [0.15, 0.2) is 18.2 Å². The van der Waals surface area contributed by atoms with Gasteiger partial charge in [-0.2, -0.15) is 0 Å². The number of halogens is 1. The van der Waals surface area contributed by atoms with Crippen LogP contribution in [0.4, 0.5) is 0 Å². The van der Waals surface area contributed by atoms with Gasteiger partial charge in [-0.15, -0.1) is 0 Å². The lowest BCUT2D eigenvalue weighted by Gasteiger charge is -2.20. The second-order valence-corrected chi connectivity index (χ2v) is 5.22. The van der Waals surface area contributed by atoms with E-state index in [-0.39, 0.29) is 12.3 Å². The minimum Gasteiger partial charge on any atom is -0.508 e. The molecule has 0 aromatic heterocycles. The Morgan fingerprint density at radius 2 is 2.17 bits per heavy atom. The van der Waals surface area contributed by atoms with Gasteiger partial charge in [-0.05, 0) is 37.0 Å². The molecule has 0 atom stereocenters. The second-order valence-electron chi connectivity index (χ2n) is 4.78. The van der Waals surface area contributed by atoms with E-state index in [2.05, 4.69) is 0 Å². The van der Waals surface area contributed by atoms with Crippen molar-refractivity contribution in [2.24, 2.45) is 5.92 Å². The quantitative estimate of drug-likeness (QED) is 0.832. The number of nitrogens with zero attached hydrogens (tertiary/aromatic N) is 1. The van der Waals surface area contributed by atoms with E-state index < -0.39 is 5.97 Å². The molecule has 0 spiro atoms. The molecule has 0 aliphatic heterocycles. The smallest absolute Gasteiger partial charge is 0.317 e. The molecule has 98 valence electrons. The first kappa shape index (κ1) is 13.2. The lowest BCUT2D eigenvalue weighted by Crippen LogP contribution is -2.31. The number of carbonyl (C=O) groups is 1. The molecule has 0 unspecified atom stereocenters. The highest BCUT2D eigenvalue weighted by atomic mass is 35.5. The topological polar surface area (TPSA) is 60.8 Å². The fourth-order valence-electron chi connectivity index (χ4n) is 1.96. The number of carboxylic acid groups (broad SMARTS) is 1. The van der Waals surface area contributed by atoms with Crippen LogP contribution in [0.1, 0.15) is 18.4 Å². The van der Waals surface area contributed by atoms with E-state index >= 15 is 0 Å². The summed E-state index contributed by atoms with van der Waals surface area (Å²) in [6.07, 6.45) is 2.33. The largest absolute Gasteiger partial charge is 0.508 e. The van der Waals surface area contributed by atoms with E-state index in [0.717, 1.165) is 19.4 Å². The normalized spacial score (nSPS) is 15.0. The van der Waals surface area contributed by atoms with E-state index in [1.165, 1.54) is 6.07 Å². The Morgan fingerprint density at radius 3 is 2.78 bits per heavy atom. The number of rotatable bonds is 6. The third-order valence-corrected chi connectivity index (χ3v) is 3.24. The molecule has 2 rings (SSSR count). The highest BCUT2D eigenvalue weighted by Gasteiger charge is 2.25. The molecule has 1 saturated carbocycles. The molecule has 0 amide bonds. The molecular formula is C13H16ClNO3. The maximum absolute atomic E-state index is 10.8. The number of phenols is 1. The molecule has 1 aromatic rings. The average Bonchev–Trinajstić information content (AvgIpc) is 3.06. The minimum atomic E-state index is -0.850. The van der Waals surface area contributed by atoms with Gasteiger partial charge in [-0.3, -0.25) is 9.69 Å². The second kappa shape index (κ2) is 5.59. The molecule has 0 heterocycles. The van der Waals surface area contributed by atoms with Gasteiger partial charge < -0.3 is 10.2 Å². The van der Waals surface area contributed by atoms with Crippen LogP contribution in [0.3, 0.4) is 0 Å². The first-order chi connectivity index (χ1) is 8.54. The highest BCUT2D eigenvalue weighted by Crippen LogP contribution is 2.31. The zero-order valence-electron chi connectivity index (χ0n) is 9.97. The Bertz CT molecular complexity index is 446. The first-order valence-corrected chi connectivity index (χ1v) is 6.34. The number of benzene rings is 1. The van der Waals surface area contributed by atoms with Crippen molar-refractivity contribution >= 4 is 17.6 Å². The Hall–Kier alpha value is -1.26. The van der Waals surface area contributed by atoms with Crippen molar-refractivity contribution in [2.75, 3.05) is 13.1 Å². The molecule has 1 aliphatic rings. The van der Waals surface area contributed by atoms with Crippen molar-refractivity contribution in [3.8, 4) is 5.75 Å². The standard InChI is InChI=1S/C13H16ClNO3/c14-11-3-4-12(16)10(5-11)7-15(8-13(17)18)6-9-1-2-9/h3-5,9,16H,1-2,6-8H2,(H,17,18). The van der Waals surface area contributed by atoms with Gasteiger partial charge in [0.15, 0.2) is 0 Å². The van der Waals surface area contributed by atoms with Crippen molar-refractivity contribution in [1.29, 1.82) is 0 Å². The Morgan fingerprint density at radius 1 is 1.44 bits per heavy atom. The van der Waals surface area contributed by atoms with Gasteiger partial charge in [0.25, 0.3) is 0 Å². The van der Waals surface area contributed by atoms with Crippen molar-refractivity contribution < 1.29 is 15.0 Å². The number of aliphatic carboxylic acids is 1. The summed E-state index contributed by atoms with van der Waals surface area (Å²) >= 11 is 5.88. The fraction of sp³-hybridized carbons (Fsp3) is 0.462. The van der Waals surface area contributed by atoms with Gasteiger partial charge >= 0.3 is 5.97 Å². The molecule has 1 aromatic carbocycles. The van der Waals surface area contributed by atoms with Crippen molar-refractivity contribution in [1.82, 2.24) is 4.90 Å². The van der Waals surface area contributed by atoms with Crippen LogP contribution in [0.5, 0.6) is 5.75 Å². The molecular weight excluding hydrogens is 254 g/mol. The van der Waals surface area contributed by atoms with E-state index in [1.807, 2.05) is 4.90 Å². The third-order valence-electron chi connectivity index (χ3n) is 3.01. The number of hydrogen-bond acceptors (Lipinski definition) is 3. The number of aromatic hydroxyl groups is 1. The lowest BCUT2D eigenvalue weighted by molar-refractivity contribution is -0.138. The summed E-state index contributed by atoms with van der Waals surface area (Å²) in [6, 6.07) is 4.83. The molecule has 2 N–H and O–H groups in total. The highest BCUT2D eigenvalue weighted by molar-refractivity contribution is 6.30. The van der Waals surface area contributed by atoms with Crippen LogP contribution >= 0.6 is 11.6 Å². The lowest BCUT2D eigenvalue weighted by atomic mass is 10.2. The van der Waals surface area contributed by atoms with Crippen LogP contribution in [0.2, 0.25) is 5.02 Å². The molecule has 0 radical (unpaired) electrons.